The van der Waals surface area contributed by atoms with E-state index in [4.69, 9.17) is 0 Å². The molecule has 0 fully saturated rings. The first-order valence-corrected chi connectivity index (χ1v) is 13.7. The van der Waals surface area contributed by atoms with Crippen LogP contribution in [0.25, 0.3) is 0 Å². The van der Waals surface area contributed by atoms with Gasteiger partial charge in [0, 0.05) is 0 Å². The first-order valence-electron chi connectivity index (χ1n) is 13.7. The van der Waals surface area contributed by atoms with Gasteiger partial charge in [0.05, 0.1) is 0 Å². The van der Waals surface area contributed by atoms with Gasteiger partial charge in [0.2, 0.25) is 0 Å². The molecule has 1 atom stereocenters. The van der Waals surface area contributed by atoms with E-state index in [1.54, 1.807) is 0 Å². The number of hydrogen-bond acceptors (Lipinski definition) is 0. The Kier molecular flexibility index (Phi) is 19.0. The molecule has 0 saturated carbocycles. The van der Waals surface area contributed by atoms with Crippen LogP contribution in [0.15, 0.2) is 0 Å². The Hall–Kier alpha value is 0. The Morgan fingerprint density at radius 3 is 1.25 bits per heavy atom. The highest BCUT2D eigenvalue weighted by molar-refractivity contribution is 4.90. The summed E-state index contributed by atoms with van der Waals surface area (Å²) in [6, 6.07) is 0. The van der Waals surface area contributed by atoms with Crippen LogP contribution >= 0.6 is 0 Å². The fraction of sp³-hybridized carbons (Fsp3) is 1.00. The Bertz CT molecular complexity index is 289. The molecule has 0 aliphatic rings. The van der Waals surface area contributed by atoms with E-state index in [2.05, 4.69) is 41.5 Å². The molecule has 0 saturated heterocycles. The molecule has 0 bridgehead atoms. The second-order valence-corrected chi connectivity index (χ2v) is 9.82. The molecular formula is C28H58. The van der Waals surface area contributed by atoms with Crippen molar-refractivity contribution in [3.63, 3.8) is 0 Å². The third-order valence-corrected chi connectivity index (χ3v) is 7.42. The average Bonchev–Trinajstić information content (AvgIpc) is 2.71. The van der Waals surface area contributed by atoms with Crippen LogP contribution < -0.4 is 0 Å². The first-order chi connectivity index (χ1) is 13.7. The Morgan fingerprint density at radius 2 is 0.821 bits per heavy atom. The average molecular weight is 395 g/mol. The van der Waals surface area contributed by atoms with Crippen molar-refractivity contribution in [2.75, 3.05) is 0 Å². The van der Waals surface area contributed by atoms with Crippen molar-refractivity contribution < 1.29 is 0 Å². The van der Waals surface area contributed by atoms with E-state index >= 15 is 0 Å². The summed E-state index contributed by atoms with van der Waals surface area (Å²) in [7, 11) is 0. The van der Waals surface area contributed by atoms with Crippen LogP contribution in [-0.4, -0.2) is 0 Å². The van der Waals surface area contributed by atoms with E-state index in [1.165, 1.54) is 122 Å². The lowest BCUT2D eigenvalue weighted by Gasteiger charge is -2.46. The monoisotopic (exact) mass is 394 g/mol. The van der Waals surface area contributed by atoms with E-state index in [-0.39, 0.29) is 0 Å². The summed E-state index contributed by atoms with van der Waals surface area (Å²) in [5.74, 6) is 1.97. The van der Waals surface area contributed by atoms with Crippen molar-refractivity contribution in [3.8, 4) is 0 Å². The van der Waals surface area contributed by atoms with Crippen LogP contribution in [0.4, 0.5) is 0 Å². The van der Waals surface area contributed by atoms with Gasteiger partial charge in [0.1, 0.15) is 0 Å². The lowest BCUT2D eigenvalue weighted by Crippen LogP contribution is -2.36. The maximum atomic E-state index is 2.41. The van der Waals surface area contributed by atoms with Crippen LogP contribution in [0, 0.1) is 17.3 Å². The molecule has 170 valence electrons. The van der Waals surface area contributed by atoms with Gasteiger partial charge in [-0.3, -0.25) is 0 Å². The van der Waals surface area contributed by atoms with Gasteiger partial charge in [0.25, 0.3) is 0 Å². The van der Waals surface area contributed by atoms with Crippen LogP contribution in [0.5, 0.6) is 0 Å². The highest BCUT2D eigenvalue weighted by Crippen LogP contribution is 2.51. The van der Waals surface area contributed by atoms with Gasteiger partial charge in [-0.25, -0.2) is 0 Å². The first kappa shape index (κ1) is 28.0. The smallest absolute Gasteiger partial charge is 0.0267 e. The minimum Gasteiger partial charge on any atom is -0.0654 e. The molecule has 0 spiro atoms. The Labute approximate surface area is 181 Å². The van der Waals surface area contributed by atoms with E-state index in [0.29, 0.717) is 5.41 Å². The molecular weight excluding hydrogens is 336 g/mol. The molecule has 0 heterocycles. The van der Waals surface area contributed by atoms with Crippen LogP contribution in [0.1, 0.15) is 164 Å². The molecule has 0 heteroatoms. The van der Waals surface area contributed by atoms with Crippen molar-refractivity contribution >= 4 is 0 Å². The quantitative estimate of drug-likeness (QED) is 0.170. The van der Waals surface area contributed by atoms with Crippen molar-refractivity contribution in [2.24, 2.45) is 17.3 Å². The maximum Gasteiger partial charge on any atom is -0.0267 e. The third-order valence-electron chi connectivity index (χ3n) is 7.42. The molecule has 0 aliphatic heterocycles. The second-order valence-electron chi connectivity index (χ2n) is 9.82. The van der Waals surface area contributed by atoms with Crippen molar-refractivity contribution in [1.82, 2.24) is 0 Å². The lowest BCUT2D eigenvalue weighted by molar-refractivity contribution is 0.0391. The van der Waals surface area contributed by atoms with Crippen LogP contribution in [0.2, 0.25) is 0 Å². The third kappa shape index (κ3) is 11.3. The minimum atomic E-state index is 0.641. The predicted octanol–water partition coefficient (Wildman–Crippen LogP) is 10.7. The Balaban J connectivity index is 5.78. The normalized spacial score (nSPS) is 13.4. The molecule has 0 nitrogen and oxygen atoms in total. The van der Waals surface area contributed by atoms with Crippen molar-refractivity contribution in [3.05, 3.63) is 0 Å². The topological polar surface area (TPSA) is 0 Å². The SMILES string of the molecule is CCCCCC(CCCC)(CCCC)C(CCCC)C(CCCC)CCCC. The standard InChI is InChI=1S/C28H58/c1-7-13-19-25-28(23-17-11-5,24-18-12-6)27(22-16-10-4)26(20-14-8-2)21-15-9-3/h26-27H,7-25H2,1-6H3. The zero-order chi connectivity index (χ0) is 21.1. The molecule has 0 aromatic carbocycles. The molecule has 0 N–H and O–H groups in total. The van der Waals surface area contributed by atoms with E-state index in [0.717, 1.165) is 11.8 Å². The highest BCUT2D eigenvalue weighted by Gasteiger charge is 2.40. The predicted molar refractivity (Wildman–Crippen MR) is 131 cm³/mol. The van der Waals surface area contributed by atoms with Gasteiger partial charge < -0.3 is 0 Å². The second kappa shape index (κ2) is 19.0. The summed E-state index contributed by atoms with van der Waals surface area (Å²) < 4.78 is 0. The zero-order valence-corrected chi connectivity index (χ0v) is 21.1. The molecule has 0 rings (SSSR count). The summed E-state index contributed by atoms with van der Waals surface area (Å²) in [4.78, 5) is 0. The van der Waals surface area contributed by atoms with Crippen molar-refractivity contribution in [2.45, 2.75) is 164 Å². The largest absolute Gasteiger partial charge is 0.0654 e. The van der Waals surface area contributed by atoms with E-state index in [1.807, 2.05) is 0 Å². The molecule has 0 radical (unpaired) electrons. The van der Waals surface area contributed by atoms with Gasteiger partial charge in [-0.15, -0.1) is 0 Å². The maximum absolute atomic E-state index is 2.41. The lowest BCUT2D eigenvalue weighted by atomic mass is 9.59. The van der Waals surface area contributed by atoms with Crippen LogP contribution in [0.3, 0.4) is 0 Å². The summed E-state index contributed by atoms with van der Waals surface area (Å²) in [5.41, 5.74) is 0.641. The summed E-state index contributed by atoms with van der Waals surface area (Å²) >= 11 is 0. The molecule has 1 unspecified atom stereocenters. The fourth-order valence-electron chi connectivity index (χ4n) is 5.66. The van der Waals surface area contributed by atoms with Gasteiger partial charge >= 0.3 is 0 Å². The fourth-order valence-corrected chi connectivity index (χ4v) is 5.66. The summed E-state index contributed by atoms with van der Waals surface area (Å²) in [5, 5.41) is 0. The molecule has 0 amide bonds. The van der Waals surface area contributed by atoms with Gasteiger partial charge in [-0.2, -0.15) is 0 Å². The zero-order valence-electron chi connectivity index (χ0n) is 21.1. The van der Waals surface area contributed by atoms with Gasteiger partial charge in [-0.05, 0) is 42.9 Å². The van der Waals surface area contributed by atoms with E-state index < -0.39 is 0 Å². The van der Waals surface area contributed by atoms with E-state index in [9.17, 15) is 0 Å². The molecule has 28 heavy (non-hydrogen) atoms. The number of rotatable bonds is 21. The molecule has 0 aliphatic carbocycles. The number of hydrogen-bond donors (Lipinski definition) is 0. The summed E-state index contributed by atoms with van der Waals surface area (Å²) in [6.07, 6.45) is 27.4. The molecule has 0 aromatic rings. The van der Waals surface area contributed by atoms with Crippen molar-refractivity contribution in [1.29, 1.82) is 0 Å². The van der Waals surface area contributed by atoms with Gasteiger partial charge in [0.15, 0.2) is 0 Å². The number of unbranched alkanes of at least 4 members (excludes halogenated alkanes) is 7. The highest BCUT2D eigenvalue weighted by atomic mass is 14.4. The minimum absolute atomic E-state index is 0.641. The van der Waals surface area contributed by atoms with Crippen LogP contribution in [-0.2, 0) is 0 Å². The molecule has 0 aromatic heterocycles. The Morgan fingerprint density at radius 1 is 0.429 bits per heavy atom. The summed E-state index contributed by atoms with van der Waals surface area (Å²) in [6.45, 7) is 14.4. The van der Waals surface area contributed by atoms with Gasteiger partial charge in [-0.1, -0.05) is 138 Å².